The van der Waals surface area contributed by atoms with Gasteiger partial charge in [-0.25, -0.2) is 0 Å². The molecule has 0 saturated heterocycles. The molecule has 2 N–H and O–H groups in total. The number of hydrogen-bond acceptors (Lipinski definition) is 3. The van der Waals surface area contributed by atoms with Crippen molar-refractivity contribution in [2.75, 3.05) is 5.75 Å². The van der Waals surface area contributed by atoms with Crippen LogP contribution >= 0.6 is 0 Å². The van der Waals surface area contributed by atoms with E-state index in [0.717, 1.165) is 6.08 Å². The van der Waals surface area contributed by atoms with E-state index in [1.54, 1.807) is 0 Å². The molecule has 4 nitrogen and oxygen atoms in total. The van der Waals surface area contributed by atoms with E-state index in [2.05, 4.69) is 6.58 Å². The summed E-state index contributed by atoms with van der Waals surface area (Å²) < 4.78 is 28.0. The van der Waals surface area contributed by atoms with Gasteiger partial charge in [0.15, 0.2) is 0 Å². The quantitative estimate of drug-likeness (QED) is 0.440. The Bertz CT molecular complexity index is 216. The molecule has 0 aliphatic carbocycles. The predicted octanol–water partition coefficient (Wildman–Crippen LogP) is 0.0800. The molecule has 9 heavy (non-hydrogen) atoms. The van der Waals surface area contributed by atoms with Gasteiger partial charge in [-0.3, -0.25) is 4.55 Å². The van der Waals surface area contributed by atoms with E-state index in [-0.39, 0.29) is 5.71 Å². The molecule has 0 fully saturated rings. The lowest BCUT2D eigenvalue weighted by molar-refractivity contribution is 0.488. The van der Waals surface area contributed by atoms with Crippen LogP contribution < -0.4 is 0 Å². The first-order valence-corrected chi connectivity index (χ1v) is 3.71. The monoisotopic (exact) mass is 149 g/mol. The van der Waals surface area contributed by atoms with Crippen molar-refractivity contribution < 1.29 is 13.0 Å². The van der Waals surface area contributed by atoms with Gasteiger partial charge in [0.25, 0.3) is 10.1 Å². The fourth-order valence-electron chi connectivity index (χ4n) is 0.255. The van der Waals surface area contributed by atoms with Crippen LogP contribution in [0.5, 0.6) is 0 Å². The molecule has 0 aromatic carbocycles. The van der Waals surface area contributed by atoms with Crippen LogP contribution in [-0.2, 0) is 10.1 Å². The maximum atomic E-state index is 9.97. The van der Waals surface area contributed by atoms with Crippen LogP contribution in [0.25, 0.3) is 0 Å². The summed E-state index contributed by atoms with van der Waals surface area (Å²) >= 11 is 0. The van der Waals surface area contributed by atoms with Gasteiger partial charge in [0.2, 0.25) is 0 Å². The first kappa shape index (κ1) is 8.32. The summed E-state index contributed by atoms with van der Waals surface area (Å²) in [5, 5.41) is 6.74. The molecule has 0 heterocycles. The molecule has 52 valence electrons. The van der Waals surface area contributed by atoms with Crippen molar-refractivity contribution in [3.63, 3.8) is 0 Å². The van der Waals surface area contributed by atoms with E-state index in [1.807, 2.05) is 0 Å². The first-order chi connectivity index (χ1) is 3.95. The van der Waals surface area contributed by atoms with Crippen LogP contribution in [0.2, 0.25) is 0 Å². The van der Waals surface area contributed by atoms with Crippen LogP contribution in [-0.4, -0.2) is 24.4 Å². The van der Waals surface area contributed by atoms with Crippen molar-refractivity contribution in [2.45, 2.75) is 0 Å². The standard InChI is InChI=1S/C4H7NO3S/c1-2-4(5)3-9(6,7)8/h2,5H,1,3H2,(H,6,7,8). The van der Waals surface area contributed by atoms with Crippen molar-refractivity contribution in [1.29, 1.82) is 5.41 Å². The third-order valence-electron chi connectivity index (χ3n) is 0.584. The molecule has 0 aliphatic rings. The lowest BCUT2D eigenvalue weighted by atomic mass is 10.4. The van der Waals surface area contributed by atoms with Gasteiger partial charge in [-0.05, 0) is 6.08 Å². The summed E-state index contributed by atoms with van der Waals surface area (Å²) in [5.41, 5.74) is -0.211. The summed E-state index contributed by atoms with van der Waals surface area (Å²) in [4.78, 5) is 0. The summed E-state index contributed by atoms with van der Waals surface area (Å²) in [6, 6.07) is 0. The fourth-order valence-corrected chi connectivity index (χ4v) is 0.766. The minimum absolute atomic E-state index is 0.211. The molecule has 0 aromatic rings. The Hall–Kier alpha value is -0.680. The van der Waals surface area contributed by atoms with E-state index in [1.165, 1.54) is 0 Å². The third-order valence-corrected chi connectivity index (χ3v) is 1.26. The highest BCUT2D eigenvalue weighted by Crippen LogP contribution is 1.83. The SMILES string of the molecule is C=CC(=N)CS(=O)(=O)O. The largest absolute Gasteiger partial charge is 0.304 e. The minimum atomic E-state index is -4.03. The molecular formula is C4H7NO3S. The highest BCUT2D eigenvalue weighted by molar-refractivity contribution is 7.86. The van der Waals surface area contributed by atoms with Gasteiger partial charge in [-0.15, -0.1) is 0 Å². The average Bonchev–Trinajstić information content (AvgIpc) is 1.62. The van der Waals surface area contributed by atoms with Crippen LogP contribution in [0.1, 0.15) is 0 Å². The van der Waals surface area contributed by atoms with Crippen LogP contribution in [0, 0.1) is 5.41 Å². The van der Waals surface area contributed by atoms with Gasteiger partial charge in [-0.2, -0.15) is 8.42 Å². The summed E-state index contributed by atoms with van der Waals surface area (Å²) in [7, 11) is -4.03. The molecule has 0 amide bonds. The van der Waals surface area contributed by atoms with Crippen LogP contribution in [0.4, 0.5) is 0 Å². The Balaban J connectivity index is 4.06. The molecule has 0 saturated carbocycles. The van der Waals surface area contributed by atoms with Crippen molar-refractivity contribution in [1.82, 2.24) is 0 Å². The molecule has 0 aromatic heterocycles. The minimum Gasteiger partial charge on any atom is -0.304 e. The summed E-state index contributed by atoms with van der Waals surface area (Å²) in [6.45, 7) is 3.14. The van der Waals surface area contributed by atoms with Gasteiger partial charge in [0.05, 0.1) is 0 Å². The van der Waals surface area contributed by atoms with Gasteiger partial charge in [-0.1, -0.05) is 6.58 Å². The third kappa shape index (κ3) is 5.19. The smallest absolute Gasteiger partial charge is 0.270 e. The van der Waals surface area contributed by atoms with Crippen LogP contribution in [0.15, 0.2) is 12.7 Å². The van der Waals surface area contributed by atoms with Gasteiger partial charge >= 0.3 is 0 Å². The van der Waals surface area contributed by atoms with Crippen molar-refractivity contribution in [3.05, 3.63) is 12.7 Å². The van der Waals surface area contributed by atoms with Crippen molar-refractivity contribution >= 4 is 15.8 Å². The van der Waals surface area contributed by atoms with Crippen molar-refractivity contribution in [3.8, 4) is 0 Å². The van der Waals surface area contributed by atoms with Gasteiger partial charge in [0.1, 0.15) is 5.75 Å². The number of allylic oxidation sites excluding steroid dienone is 1. The second-order valence-corrected chi connectivity index (χ2v) is 2.91. The second kappa shape index (κ2) is 2.75. The zero-order valence-corrected chi connectivity index (χ0v) is 5.48. The van der Waals surface area contributed by atoms with Gasteiger partial charge in [0, 0.05) is 5.71 Å². The number of rotatable bonds is 3. The zero-order chi connectivity index (χ0) is 7.49. The lowest BCUT2D eigenvalue weighted by Gasteiger charge is -1.90. The molecule has 0 spiro atoms. The van der Waals surface area contributed by atoms with E-state index in [9.17, 15) is 8.42 Å². The molecule has 0 unspecified atom stereocenters. The zero-order valence-electron chi connectivity index (χ0n) is 4.66. The number of nitrogens with one attached hydrogen (secondary N) is 1. The topological polar surface area (TPSA) is 78.2 Å². The number of hydrogen-bond donors (Lipinski definition) is 2. The molecular weight excluding hydrogens is 142 g/mol. The Morgan fingerprint density at radius 1 is 1.78 bits per heavy atom. The van der Waals surface area contributed by atoms with E-state index < -0.39 is 15.9 Å². The van der Waals surface area contributed by atoms with E-state index >= 15 is 0 Å². The molecule has 5 heteroatoms. The Morgan fingerprint density at radius 3 is 2.33 bits per heavy atom. The summed E-state index contributed by atoms with van der Waals surface area (Å²) in [6.07, 6.45) is 1.06. The van der Waals surface area contributed by atoms with Crippen molar-refractivity contribution in [2.24, 2.45) is 0 Å². The first-order valence-electron chi connectivity index (χ1n) is 2.11. The lowest BCUT2D eigenvalue weighted by Crippen LogP contribution is -2.11. The fraction of sp³-hybridized carbons (Fsp3) is 0.250. The Labute approximate surface area is 53.5 Å². The molecule has 0 rings (SSSR count). The summed E-state index contributed by atoms with van der Waals surface area (Å²) in [5.74, 6) is -0.656. The average molecular weight is 149 g/mol. The van der Waals surface area contributed by atoms with Crippen LogP contribution in [0.3, 0.4) is 0 Å². The van der Waals surface area contributed by atoms with Gasteiger partial charge < -0.3 is 5.41 Å². The second-order valence-electron chi connectivity index (χ2n) is 1.46. The van der Waals surface area contributed by atoms with E-state index in [0.29, 0.717) is 0 Å². The molecule has 0 atom stereocenters. The van der Waals surface area contributed by atoms with E-state index in [4.69, 9.17) is 9.96 Å². The Morgan fingerprint density at radius 2 is 2.22 bits per heavy atom. The highest BCUT2D eigenvalue weighted by atomic mass is 32.2. The maximum Gasteiger partial charge on any atom is 0.270 e. The predicted molar refractivity (Wildman–Crippen MR) is 34.3 cm³/mol. The highest BCUT2D eigenvalue weighted by Gasteiger charge is 2.04. The maximum absolute atomic E-state index is 9.97. The normalized spacial score (nSPS) is 10.8. The molecule has 0 bridgehead atoms. The molecule has 0 aliphatic heterocycles. The Kier molecular flexibility index (Phi) is 2.54. The molecule has 0 radical (unpaired) electrons.